The summed E-state index contributed by atoms with van der Waals surface area (Å²) in [5.74, 6) is -4.04. The van der Waals surface area contributed by atoms with Gasteiger partial charge in [-0.05, 0) is 70.6 Å². The number of anilines is 3. The maximum Gasteiger partial charge on any atom is 0.335 e. The molecule has 17 heteroatoms. The fourth-order valence-electron chi connectivity index (χ4n) is 5.07. The Hall–Kier alpha value is -5.71. The number of hydrogen-bond acceptors (Lipinski definition) is 10. The number of carboxylic acids is 1. The molecule has 4 amide bonds. The minimum absolute atomic E-state index is 0.0237. The first-order valence-corrected chi connectivity index (χ1v) is 15.4. The summed E-state index contributed by atoms with van der Waals surface area (Å²) < 4.78 is 6.38. The smallest absolute Gasteiger partial charge is 0.335 e. The topological polar surface area (TPSA) is 201 Å². The van der Waals surface area contributed by atoms with Crippen molar-refractivity contribution in [2.45, 2.75) is 12.5 Å². The van der Waals surface area contributed by atoms with E-state index in [-0.39, 0.29) is 40.8 Å². The molecule has 2 heterocycles. The molecular formula is C32H32ClN9O7. The third kappa shape index (κ3) is 9.01. The molecule has 16 nitrogen and oxygen atoms in total. The van der Waals surface area contributed by atoms with E-state index >= 15 is 0 Å². The monoisotopic (exact) mass is 689 g/mol. The van der Waals surface area contributed by atoms with Crippen molar-refractivity contribution in [1.29, 1.82) is 0 Å². The summed E-state index contributed by atoms with van der Waals surface area (Å²) in [4.78, 5) is 67.5. The number of carbonyl (C=O) groups excluding carboxylic acids is 4. The van der Waals surface area contributed by atoms with E-state index < -0.39 is 29.7 Å². The van der Waals surface area contributed by atoms with Crippen LogP contribution in [0.15, 0.2) is 73.1 Å². The van der Waals surface area contributed by atoms with Gasteiger partial charge in [-0.1, -0.05) is 23.7 Å². The van der Waals surface area contributed by atoms with Crippen LogP contribution in [0.2, 0.25) is 5.02 Å². The van der Waals surface area contributed by atoms with Gasteiger partial charge in [0, 0.05) is 49.6 Å². The normalized spacial score (nSPS) is 13.8. The number of carbonyl (C=O) groups is 5. The lowest BCUT2D eigenvalue weighted by Crippen LogP contribution is -2.51. The Morgan fingerprint density at radius 2 is 1.73 bits per heavy atom. The first kappa shape index (κ1) is 34.6. The Labute approximate surface area is 285 Å². The molecule has 1 saturated heterocycles. The number of tetrazole rings is 1. The van der Waals surface area contributed by atoms with Crippen LogP contribution in [-0.2, 0) is 30.3 Å². The van der Waals surface area contributed by atoms with Gasteiger partial charge < -0.3 is 30.7 Å². The lowest BCUT2D eigenvalue weighted by molar-refractivity contribution is -0.137. The zero-order valence-corrected chi connectivity index (χ0v) is 27.0. The van der Waals surface area contributed by atoms with Crippen LogP contribution >= 0.6 is 11.6 Å². The van der Waals surface area contributed by atoms with Crippen molar-refractivity contribution in [2.24, 2.45) is 0 Å². The molecule has 49 heavy (non-hydrogen) atoms. The zero-order chi connectivity index (χ0) is 34.9. The molecule has 1 aliphatic rings. The molecule has 4 aromatic rings. The molecule has 0 saturated carbocycles. The maximum atomic E-state index is 13.5. The Morgan fingerprint density at radius 1 is 0.980 bits per heavy atom. The first-order chi connectivity index (χ1) is 23.6. The molecule has 1 atom stereocenters. The van der Waals surface area contributed by atoms with Gasteiger partial charge in [0.2, 0.25) is 11.8 Å². The summed E-state index contributed by atoms with van der Waals surface area (Å²) in [6.07, 6.45) is 1.27. The third-order valence-electron chi connectivity index (χ3n) is 7.63. The maximum absolute atomic E-state index is 13.5. The fourth-order valence-corrected chi connectivity index (χ4v) is 5.24. The first-order valence-electron chi connectivity index (χ1n) is 15.0. The Bertz CT molecular complexity index is 1820. The van der Waals surface area contributed by atoms with Crippen molar-refractivity contribution in [1.82, 2.24) is 30.4 Å². The fraction of sp³-hybridized carbons (Fsp3) is 0.250. The molecule has 0 aliphatic carbocycles. The minimum Gasteiger partial charge on any atom is -0.478 e. The van der Waals surface area contributed by atoms with Crippen molar-refractivity contribution in [3.8, 4) is 5.69 Å². The highest BCUT2D eigenvalue weighted by Crippen LogP contribution is 2.24. The average molecular weight is 690 g/mol. The number of piperazine rings is 1. The van der Waals surface area contributed by atoms with Gasteiger partial charge in [0.15, 0.2) is 0 Å². The Kier molecular flexibility index (Phi) is 11.3. The van der Waals surface area contributed by atoms with E-state index in [1.54, 1.807) is 48.4 Å². The molecule has 0 spiro atoms. The molecule has 254 valence electrons. The molecule has 0 radical (unpaired) electrons. The highest BCUT2D eigenvalue weighted by Gasteiger charge is 2.27. The molecule has 4 N–H and O–H groups in total. The molecule has 0 bridgehead atoms. The van der Waals surface area contributed by atoms with Gasteiger partial charge in [-0.15, -0.1) is 5.10 Å². The number of ether oxygens (including phenoxy) is 1. The Balaban J connectivity index is 1.31. The number of carboxylic acid groups (broad SMARTS) is 1. The van der Waals surface area contributed by atoms with Crippen molar-refractivity contribution >= 4 is 58.3 Å². The van der Waals surface area contributed by atoms with Crippen molar-refractivity contribution in [3.05, 3.63) is 89.2 Å². The predicted molar refractivity (Wildman–Crippen MR) is 178 cm³/mol. The number of hydrogen-bond donors (Lipinski definition) is 4. The molecule has 1 aliphatic heterocycles. The lowest BCUT2D eigenvalue weighted by atomic mass is 10.0. The van der Waals surface area contributed by atoms with Crippen LogP contribution in [0.5, 0.6) is 0 Å². The number of rotatable bonds is 12. The number of amides is 4. The number of halogens is 1. The second kappa shape index (κ2) is 15.9. The van der Waals surface area contributed by atoms with Crippen LogP contribution in [-0.4, -0.2) is 106 Å². The lowest BCUT2D eigenvalue weighted by Gasteiger charge is -2.34. The summed E-state index contributed by atoms with van der Waals surface area (Å²) in [6.45, 7) is 2.64. The third-order valence-corrected chi connectivity index (χ3v) is 7.86. The van der Waals surface area contributed by atoms with Crippen molar-refractivity contribution < 1.29 is 33.8 Å². The molecule has 1 aromatic heterocycles. The van der Waals surface area contributed by atoms with Gasteiger partial charge in [0.05, 0.1) is 30.1 Å². The molecule has 3 aromatic carbocycles. The number of methoxy groups -OCH3 is 1. The van der Waals surface area contributed by atoms with Crippen LogP contribution in [0.3, 0.4) is 0 Å². The second-order valence-electron chi connectivity index (χ2n) is 11.0. The standard InChI is InChI=1S/C32H32ClN9O7/c1-49-15-14-40-12-13-41(28(43)18-40)24-9-2-20(3-10-24)16-26(29(44)35-23-7-4-21(5-8-23)32(47)48)37-31(46)30(45)36-25-17-22(33)6-11-27(25)42-19-34-38-39-42/h2-11,17,19,26H,12-16,18H2,1H3,(H,35,44)(H,36,45)(H,37,46)(H,47,48)/t26-/m0/s1. The number of nitrogens with zero attached hydrogens (tertiary/aromatic N) is 6. The summed E-state index contributed by atoms with van der Waals surface area (Å²) in [6, 6.07) is 15.7. The zero-order valence-electron chi connectivity index (χ0n) is 26.2. The molecule has 5 rings (SSSR count). The van der Waals surface area contributed by atoms with E-state index in [9.17, 15) is 29.1 Å². The van der Waals surface area contributed by atoms with Gasteiger partial charge >= 0.3 is 17.8 Å². The number of aromatic nitrogens is 4. The number of benzene rings is 3. The number of aromatic carboxylic acids is 1. The van der Waals surface area contributed by atoms with Gasteiger partial charge in [-0.25, -0.2) is 4.79 Å². The minimum atomic E-state index is -1.24. The van der Waals surface area contributed by atoms with Gasteiger partial charge in [0.1, 0.15) is 12.4 Å². The van der Waals surface area contributed by atoms with Crippen molar-refractivity contribution in [2.75, 3.05) is 55.4 Å². The Morgan fingerprint density at radius 3 is 2.39 bits per heavy atom. The van der Waals surface area contributed by atoms with E-state index in [1.165, 1.54) is 41.3 Å². The van der Waals surface area contributed by atoms with E-state index in [1.807, 2.05) is 4.90 Å². The highest BCUT2D eigenvalue weighted by atomic mass is 35.5. The quantitative estimate of drug-likeness (QED) is 0.158. The SMILES string of the molecule is COCCN1CCN(c2ccc(C[C@H](NC(=O)C(=O)Nc3cc(Cl)ccc3-n3cnnn3)C(=O)Nc3ccc(C(=O)O)cc3)cc2)C(=O)C1. The van der Waals surface area contributed by atoms with Crippen LogP contribution in [0, 0.1) is 0 Å². The van der Waals surface area contributed by atoms with Crippen LogP contribution < -0.4 is 20.9 Å². The van der Waals surface area contributed by atoms with E-state index in [0.717, 1.165) is 0 Å². The van der Waals surface area contributed by atoms with Gasteiger partial charge in [0.25, 0.3) is 0 Å². The van der Waals surface area contributed by atoms with Crippen LogP contribution in [0.25, 0.3) is 5.69 Å². The largest absolute Gasteiger partial charge is 0.478 e. The van der Waals surface area contributed by atoms with E-state index in [0.29, 0.717) is 43.2 Å². The van der Waals surface area contributed by atoms with E-state index in [2.05, 4.69) is 31.5 Å². The molecule has 1 fully saturated rings. The number of nitrogens with one attached hydrogen (secondary N) is 3. The van der Waals surface area contributed by atoms with Gasteiger partial charge in [-0.2, -0.15) is 4.68 Å². The van der Waals surface area contributed by atoms with Gasteiger partial charge in [-0.3, -0.25) is 24.1 Å². The second-order valence-corrected chi connectivity index (χ2v) is 11.4. The molecular weight excluding hydrogens is 658 g/mol. The van der Waals surface area contributed by atoms with Crippen LogP contribution in [0.4, 0.5) is 17.1 Å². The average Bonchev–Trinajstić information content (AvgIpc) is 3.63. The van der Waals surface area contributed by atoms with E-state index in [4.69, 9.17) is 16.3 Å². The summed E-state index contributed by atoms with van der Waals surface area (Å²) in [5, 5.41) is 28.1. The van der Waals surface area contributed by atoms with Crippen LogP contribution in [0.1, 0.15) is 15.9 Å². The summed E-state index contributed by atoms with van der Waals surface area (Å²) in [5.41, 5.74) is 2.10. The molecule has 0 unspecified atom stereocenters. The summed E-state index contributed by atoms with van der Waals surface area (Å²) in [7, 11) is 1.61. The predicted octanol–water partition coefficient (Wildman–Crippen LogP) is 1.61. The highest BCUT2D eigenvalue weighted by molar-refractivity contribution is 6.40. The summed E-state index contributed by atoms with van der Waals surface area (Å²) >= 11 is 6.13. The van der Waals surface area contributed by atoms with Crippen molar-refractivity contribution in [3.63, 3.8) is 0 Å².